The molecule has 1 aromatic carbocycles. The number of hydrogen-bond acceptors (Lipinski definition) is 3. The summed E-state index contributed by atoms with van der Waals surface area (Å²) >= 11 is 0. The third-order valence-electron chi connectivity index (χ3n) is 3.35. The van der Waals surface area contributed by atoms with E-state index in [2.05, 4.69) is 10.6 Å². The van der Waals surface area contributed by atoms with Gasteiger partial charge in [-0.05, 0) is 44.9 Å². The summed E-state index contributed by atoms with van der Waals surface area (Å²) in [4.78, 5) is 11.9. The third kappa shape index (κ3) is 3.96. The van der Waals surface area contributed by atoms with Gasteiger partial charge in [0.2, 0.25) is 5.91 Å². The molecule has 1 saturated heterocycles. The molecule has 1 aliphatic rings. The molecule has 0 aromatic heterocycles. The van der Waals surface area contributed by atoms with Crippen LogP contribution >= 0.6 is 0 Å². The molecule has 0 spiro atoms. The summed E-state index contributed by atoms with van der Waals surface area (Å²) in [5, 5.41) is 6.18. The van der Waals surface area contributed by atoms with Crippen molar-refractivity contribution < 1.29 is 9.53 Å². The molecule has 2 rings (SSSR count). The fraction of sp³-hybridized carbons (Fsp3) is 0.533. The summed E-state index contributed by atoms with van der Waals surface area (Å²) in [5.74, 6) is 0.959. The van der Waals surface area contributed by atoms with Crippen molar-refractivity contribution in [2.24, 2.45) is 0 Å². The van der Waals surface area contributed by atoms with Crippen molar-refractivity contribution >= 4 is 5.91 Å². The first kappa shape index (κ1) is 13.9. The second-order valence-electron chi connectivity index (χ2n) is 5.14. The maximum Gasteiger partial charge on any atom is 0.237 e. The quantitative estimate of drug-likeness (QED) is 0.848. The van der Waals surface area contributed by atoms with Crippen molar-refractivity contribution in [2.45, 2.75) is 38.8 Å². The number of benzene rings is 1. The van der Waals surface area contributed by atoms with Crippen molar-refractivity contribution in [3.8, 4) is 5.75 Å². The SMILES string of the molecule is Cc1ccccc1OCC(C)NC(=O)C1CCCN1. The van der Waals surface area contributed by atoms with Crippen molar-refractivity contribution in [2.75, 3.05) is 13.2 Å². The Hall–Kier alpha value is -1.55. The monoisotopic (exact) mass is 262 g/mol. The van der Waals surface area contributed by atoms with E-state index >= 15 is 0 Å². The molecule has 4 heteroatoms. The van der Waals surface area contributed by atoms with E-state index in [-0.39, 0.29) is 18.0 Å². The lowest BCUT2D eigenvalue weighted by molar-refractivity contribution is -0.123. The number of hydrogen-bond donors (Lipinski definition) is 2. The Labute approximate surface area is 114 Å². The first-order valence-electron chi connectivity index (χ1n) is 6.89. The van der Waals surface area contributed by atoms with Gasteiger partial charge in [-0.3, -0.25) is 4.79 Å². The molecule has 1 heterocycles. The average Bonchev–Trinajstić information content (AvgIpc) is 2.91. The molecule has 1 amide bonds. The number of carbonyl (C=O) groups excluding carboxylic acids is 1. The van der Waals surface area contributed by atoms with Gasteiger partial charge in [0.25, 0.3) is 0 Å². The standard InChI is InChI=1S/C15H22N2O2/c1-11-6-3-4-8-14(11)19-10-12(2)17-15(18)13-7-5-9-16-13/h3-4,6,8,12-13,16H,5,7,9-10H2,1-2H3,(H,17,18). The fourth-order valence-electron chi connectivity index (χ4n) is 2.23. The molecule has 4 nitrogen and oxygen atoms in total. The van der Waals surface area contributed by atoms with Gasteiger partial charge in [-0.15, -0.1) is 0 Å². The van der Waals surface area contributed by atoms with Crippen LogP contribution in [0.25, 0.3) is 0 Å². The van der Waals surface area contributed by atoms with E-state index < -0.39 is 0 Å². The van der Waals surface area contributed by atoms with Crippen LogP contribution in [0.1, 0.15) is 25.3 Å². The van der Waals surface area contributed by atoms with Gasteiger partial charge in [0.15, 0.2) is 0 Å². The first-order chi connectivity index (χ1) is 9.16. The minimum absolute atomic E-state index is 0.00880. The summed E-state index contributed by atoms with van der Waals surface area (Å²) in [7, 11) is 0. The van der Waals surface area contributed by atoms with Gasteiger partial charge in [0, 0.05) is 0 Å². The van der Waals surface area contributed by atoms with Gasteiger partial charge < -0.3 is 15.4 Å². The summed E-state index contributed by atoms with van der Waals surface area (Å²) in [6.45, 7) is 5.40. The Kier molecular flexibility index (Phi) is 4.80. The minimum atomic E-state index is -0.0269. The van der Waals surface area contributed by atoms with Crippen LogP contribution in [0, 0.1) is 6.92 Å². The predicted octanol–water partition coefficient (Wildman–Crippen LogP) is 1.63. The lowest BCUT2D eigenvalue weighted by Crippen LogP contribution is -2.46. The Morgan fingerprint density at radius 1 is 1.53 bits per heavy atom. The lowest BCUT2D eigenvalue weighted by Gasteiger charge is -2.18. The predicted molar refractivity (Wildman–Crippen MR) is 75.3 cm³/mol. The third-order valence-corrected chi connectivity index (χ3v) is 3.35. The second kappa shape index (κ2) is 6.57. The average molecular weight is 262 g/mol. The molecular formula is C15H22N2O2. The van der Waals surface area contributed by atoms with E-state index in [4.69, 9.17) is 4.74 Å². The second-order valence-corrected chi connectivity index (χ2v) is 5.14. The number of rotatable bonds is 5. The number of ether oxygens (including phenoxy) is 1. The minimum Gasteiger partial charge on any atom is -0.491 e. The fourth-order valence-corrected chi connectivity index (χ4v) is 2.23. The Balaban J connectivity index is 1.76. The molecule has 2 atom stereocenters. The van der Waals surface area contributed by atoms with E-state index in [0.717, 1.165) is 30.7 Å². The molecule has 0 radical (unpaired) electrons. The summed E-state index contributed by atoms with van der Waals surface area (Å²) in [6.07, 6.45) is 2.00. The molecule has 19 heavy (non-hydrogen) atoms. The highest BCUT2D eigenvalue weighted by molar-refractivity contribution is 5.82. The zero-order chi connectivity index (χ0) is 13.7. The maximum atomic E-state index is 11.9. The lowest BCUT2D eigenvalue weighted by atomic mass is 10.2. The molecule has 2 unspecified atom stereocenters. The van der Waals surface area contributed by atoms with Gasteiger partial charge in [-0.25, -0.2) is 0 Å². The molecule has 1 aromatic rings. The van der Waals surface area contributed by atoms with E-state index in [0.29, 0.717) is 6.61 Å². The van der Waals surface area contributed by atoms with E-state index in [1.54, 1.807) is 0 Å². The highest BCUT2D eigenvalue weighted by atomic mass is 16.5. The van der Waals surface area contributed by atoms with Crippen LogP contribution < -0.4 is 15.4 Å². The van der Waals surface area contributed by atoms with Gasteiger partial charge in [-0.1, -0.05) is 18.2 Å². The molecule has 104 valence electrons. The molecule has 0 aliphatic carbocycles. The molecule has 0 bridgehead atoms. The Morgan fingerprint density at radius 3 is 3.00 bits per heavy atom. The van der Waals surface area contributed by atoms with Crippen molar-refractivity contribution in [3.63, 3.8) is 0 Å². The molecular weight excluding hydrogens is 240 g/mol. The van der Waals surface area contributed by atoms with Gasteiger partial charge in [-0.2, -0.15) is 0 Å². The summed E-state index contributed by atoms with van der Waals surface area (Å²) < 4.78 is 5.73. The topological polar surface area (TPSA) is 50.4 Å². The van der Waals surface area contributed by atoms with Crippen molar-refractivity contribution in [3.05, 3.63) is 29.8 Å². The Morgan fingerprint density at radius 2 is 2.32 bits per heavy atom. The first-order valence-corrected chi connectivity index (χ1v) is 6.89. The van der Waals surface area contributed by atoms with Crippen LogP contribution in [0.15, 0.2) is 24.3 Å². The number of amides is 1. The summed E-state index contributed by atoms with van der Waals surface area (Å²) in [6, 6.07) is 7.88. The normalized spacial score (nSPS) is 20.0. The van der Waals surface area contributed by atoms with Crippen LogP contribution in [0.4, 0.5) is 0 Å². The van der Waals surface area contributed by atoms with Crippen LogP contribution in [-0.4, -0.2) is 31.1 Å². The van der Waals surface area contributed by atoms with Crippen molar-refractivity contribution in [1.29, 1.82) is 0 Å². The van der Waals surface area contributed by atoms with E-state index in [9.17, 15) is 4.79 Å². The zero-order valence-electron chi connectivity index (χ0n) is 11.6. The number of para-hydroxylation sites is 1. The highest BCUT2D eigenvalue weighted by Gasteiger charge is 2.22. The summed E-state index contributed by atoms with van der Waals surface area (Å²) in [5.41, 5.74) is 1.11. The maximum absolute atomic E-state index is 11.9. The van der Waals surface area contributed by atoms with E-state index in [1.165, 1.54) is 0 Å². The molecule has 1 aliphatic heterocycles. The van der Waals surface area contributed by atoms with Crippen LogP contribution in [-0.2, 0) is 4.79 Å². The molecule has 0 saturated carbocycles. The molecule has 2 N–H and O–H groups in total. The van der Waals surface area contributed by atoms with Gasteiger partial charge in [0.1, 0.15) is 12.4 Å². The number of nitrogens with one attached hydrogen (secondary N) is 2. The van der Waals surface area contributed by atoms with Gasteiger partial charge in [0.05, 0.1) is 12.1 Å². The molecule has 1 fully saturated rings. The smallest absolute Gasteiger partial charge is 0.237 e. The van der Waals surface area contributed by atoms with Crippen LogP contribution in [0.5, 0.6) is 5.75 Å². The number of aryl methyl sites for hydroxylation is 1. The highest BCUT2D eigenvalue weighted by Crippen LogP contribution is 2.16. The van der Waals surface area contributed by atoms with Crippen LogP contribution in [0.3, 0.4) is 0 Å². The van der Waals surface area contributed by atoms with Crippen molar-refractivity contribution in [1.82, 2.24) is 10.6 Å². The largest absolute Gasteiger partial charge is 0.491 e. The Bertz CT molecular complexity index is 428. The number of carbonyl (C=O) groups is 1. The zero-order valence-corrected chi connectivity index (χ0v) is 11.6. The van der Waals surface area contributed by atoms with Crippen LogP contribution in [0.2, 0.25) is 0 Å². The van der Waals surface area contributed by atoms with Gasteiger partial charge >= 0.3 is 0 Å². The van der Waals surface area contributed by atoms with E-state index in [1.807, 2.05) is 38.1 Å².